The van der Waals surface area contributed by atoms with Crippen LogP contribution in [0.3, 0.4) is 0 Å². The van der Waals surface area contributed by atoms with Crippen LogP contribution < -0.4 is 14.2 Å². The first-order valence-corrected chi connectivity index (χ1v) is 10.1. The van der Waals surface area contributed by atoms with Gasteiger partial charge in [0, 0.05) is 16.5 Å². The summed E-state index contributed by atoms with van der Waals surface area (Å²) in [4.78, 5) is 8.92. The molecule has 0 amide bonds. The van der Waals surface area contributed by atoms with Crippen LogP contribution in [0.5, 0.6) is 11.5 Å². The summed E-state index contributed by atoms with van der Waals surface area (Å²) in [6.07, 6.45) is -1.01. The van der Waals surface area contributed by atoms with Gasteiger partial charge in [-0.05, 0) is 61.2 Å². The second kappa shape index (κ2) is 8.61. The maximum Gasteiger partial charge on any atom is 0.573 e. The molecule has 1 N–H and O–H groups in total. The molecule has 0 aliphatic heterocycles. The molecule has 5 nitrogen and oxygen atoms in total. The minimum atomic E-state index is -4.74. The summed E-state index contributed by atoms with van der Waals surface area (Å²) in [7, 11) is 0. The lowest BCUT2D eigenvalue weighted by molar-refractivity contribution is -0.274. The number of alkyl halides is 3. The smallest absolute Gasteiger partial charge is 0.489 e. The van der Waals surface area contributed by atoms with Crippen LogP contribution in [0, 0.1) is 0 Å². The Hall–Kier alpha value is -2.65. The highest BCUT2D eigenvalue weighted by Gasteiger charge is 2.31. The van der Waals surface area contributed by atoms with Crippen molar-refractivity contribution in [3.05, 3.63) is 59.9 Å². The maximum atomic E-state index is 12.4. The third-order valence-electron chi connectivity index (χ3n) is 4.03. The van der Waals surface area contributed by atoms with E-state index in [1.807, 2.05) is 12.1 Å². The van der Waals surface area contributed by atoms with Crippen LogP contribution in [-0.4, -0.2) is 22.4 Å². The molecule has 4 rings (SSSR count). The Balaban J connectivity index is 1.44. The molecule has 0 atom stereocenters. The number of aromatic nitrogens is 2. The zero-order chi connectivity index (χ0) is 21.1. The monoisotopic (exact) mass is 453 g/mol. The fourth-order valence-electron chi connectivity index (χ4n) is 2.54. The Morgan fingerprint density at radius 2 is 1.90 bits per heavy atom. The van der Waals surface area contributed by atoms with Gasteiger partial charge in [-0.1, -0.05) is 17.7 Å². The molecule has 0 saturated heterocycles. The van der Waals surface area contributed by atoms with E-state index in [0.717, 1.165) is 30.4 Å². The first-order chi connectivity index (χ1) is 14.4. The number of anilines is 1. The van der Waals surface area contributed by atoms with E-state index >= 15 is 0 Å². The van der Waals surface area contributed by atoms with Crippen molar-refractivity contribution in [3.8, 4) is 22.8 Å². The summed E-state index contributed by atoms with van der Waals surface area (Å²) < 4.78 is 49.8. The Morgan fingerprint density at radius 3 is 2.63 bits per heavy atom. The van der Waals surface area contributed by atoms with Crippen LogP contribution in [0.25, 0.3) is 11.3 Å². The highest BCUT2D eigenvalue weighted by molar-refractivity contribution is 8.00. The number of rotatable bonds is 7. The molecule has 1 saturated carbocycles. The molecule has 3 aromatic rings. The lowest BCUT2D eigenvalue weighted by Gasteiger charge is -2.11. The Labute approximate surface area is 179 Å². The molecule has 10 heteroatoms. The summed E-state index contributed by atoms with van der Waals surface area (Å²) in [5.41, 5.74) is 1.43. The predicted molar refractivity (Wildman–Crippen MR) is 109 cm³/mol. The number of halogens is 4. The Kier molecular flexibility index (Phi) is 5.92. The molecule has 0 unspecified atom stereocenters. The van der Waals surface area contributed by atoms with Gasteiger partial charge in [-0.2, -0.15) is 0 Å². The summed E-state index contributed by atoms with van der Waals surface area (Å²) in [6, 6.07) is 12.8. The summed E-state index contributed by atoms with van der Waals surface area (Å²) in [5.74, 6) is 0.842. The largest absolute Gasteiger partial charge is 0.573 e. The van der Waals surface area contributed by atoms with Gasteiger partial charge in [0.2, 0.25) is 0 Å². The zero-order valence-corrected chi connectivity index (χ0v) is 16.9. The van der Waals surface area contributed by atoms with E-state index in [0.29, 0.717) is 27.2 Å². The van der Waals surface area contributed by atoms with Gasteiger partial charge in [0.25, 0.3) is 0 Å². The van der Waals surface area contributed by atoms with Gasteiger partial charge >= 0.3 is 6.36 Å². The van der Waals surface area contributed by atoms with Gasteiger partial charge in [-0.15, -0.1) is 13.2 Å². The van der Waals surface area contributed by atoms with E-state index in [-0.39, 0.29) is 11.9 Å². The van der Waals surface area contributed by atoms with Crippen molar-refractivity contribution in [3.63, 3.8) is 0 Å². The molecule has 1 aromatic heterocycles. The minimum absolute atomic E-state index is 0.250. The Bertz CT molecular complexity index is 1050. The lowest BCUT2D eigenvalue weighted by Crippen LogP contribution is -2.17. The van der Waals surface area contributed by atoms with E-state index in [9.17, 15) is 13.2 Å². The maximum absolute atomic E-state index is 12.4. The molecule has 0 radical (unpaired) electrons. The van der Waals surface area contributed by atoms with E-state index in [1.54, 1.807) is 18.2 Å². The van der Waals surface area contributed by atoms with Crippen LogP contribution in [0.15, 0.2) is 59.8 Å². The molecule has 0 bridgehead atoms. The quantitative estimate of drug-likeness (QED) is 0.420. The van der Waals surface area contributed by atoms with E-state index in [4.69, 9.17) is 16.3 Å². The second-order valence-corrected chi connectivity index (χ2v) is 7.76. The predicted octanol–water partition coefficient (Wildman–Crippen LogP) is 6.36. The summed E-state index contributed by atoms with van der Waals surface area (Å²) in [6.45, 7) is 0. The number of nitrogens with one attached hydrogen (secondary N) is 1. The van der Waals surface area contributed by atoms with Gasteiger partial charge in [-0.3, -0.25) is 0 Å². The first-order valence-electron chi connectivity index (χ1n) is 8.93. The average Bonchev–Trinajstić information content (AvgIpc) is 3.51. The highest BCUT2D eigenvalue weighted by atomic mass is 35.5. The molecule has 1 heterocycles. The lowest BCUT2D eigenvalue weighted by atomic mass is 10.1. The minimum Gasteiger partial charge on any atom is -0.489 e. The number of ether oxygens (including phenoxy) is 2. The van der Waals surface area contributed by atoms with Gasteiger partial charge in [-0.25, -0.2) is 9.97 Å². The van der Waals surface area contributed by atoms with Crippen molar-refractivity contribution in [2.45, 2.75) is 30.2 Å². The number of nitrogens with zero attached hydrogens (tertiary/aromatic N) is 2. The molecule has 2 aromatic carbocycles. The van der Waals surface area contributed by atoms with Crippen molar-refractivity contribution in [1.82, 2.24) is 9.97 Å². The van der Waals surface area contributed by atoms with E-state index in [1.165, 1.54) is 24.5 Å². The molecule has 1 aliphatic carbocycles. The van der Waals surface area contributed by atoms with Crippen molar-refractivity contribution < 1.29 is 22.6 Å². The van der Waals surface area contributed by atoms with Crippen LogP contribution in [0.1, 0.15) is 12.8 Å². The van der Waals surface area contributed by atoms with Crippen molar-refractivity contribution >= 4 is 29.4 Å². The van der Waals surface area contributed by atoms with Gasteiger partial charge in [0.05, 0.1) is 16.8 Å². The number of hydrogen-bond acceptors (Lipinski definition) is 6. The fraction of sp³-hybridized carbons (Fsp3) is 0.200. The molecule has 1 fully saturated rings. The van der Waals surface area contributed by atoms with Crippen LogP contribution in [-0.2, 0) is 0 Å². The first kappa shape index (κ1) is 20.6. The van der Waals surface area contributed by atoms with Gasteiger partial charge in [0.1, 0.15) is 23.6 Å². The van der Waals surface area contributed by atoms with E-state index in [2.05, 4.69) is 19.4 Å². The number of hydrogen-bond donors (Lipinski definition) is 1. The number of benzene rings is 2. The molecular formula is C20H15ClF3N3O2S. The van der Waals surface area contributed by atoms with Crippen molar-refractivity contribution in [2.75, 3.05) is 4.72 Å². The second-order valence-electron chi connectivity index (χ2n) is 6.48. The Morgan fingerprint density at radius 1 is 1.07 bits per heavy atom. The normalized spacial score (nSPS) is 13.7. The standard InChI is InChI=1S/C20H15ClF3N3O2S/c21-16-8-12(4-7-18(16)28-13-5-6-13)17-10-19(26-11-25-17)27-30-15-3-1-2-14(9-15)29-20(22,23)24/h1-4,7-11,13H,5-6H2,(H,25,26,27). The molecule has 30 heavy (non-hydrogen) atoms. The van der Waals surface area contributed by atoms with Crippen LogP contribution in [0.4, 0.5) is 19.0 Å². The van der Waals surface area contributed by atoms with Gasteiger partial charge < -0.3 is 14.2 Å². The fourth-order valence-corrected chi connectivity index (χ4v) is 3.42. The average molecular weight is 454 g/mol. The van der Waals surface area contributed by atoms with Crippen LogP contribution in [0.2, 0.25) is 5.02 Å². The molecule has 156 valence electrons. The molecule has 1 aliphatic rings. The van der Waals surface area contributed by atoms with E-state index < -0.39 is 6.36 Å². The topological polar surface area (TPSA) is 56.3 Å². The van der Waals surface area contributed by atoms with Crippen molar-refractivity contribution in [1.29, 1.82) is 0 Å². The van der Waals surface area contributed by atoms with Crippen LogP contribution >= 0.6 is 23.5 Å². The summed E-state index contributed by atoms with van der Waals surface area (Å²) >= 11 is 7.42. The zero-order valence-electron chi connectivity index (χ0n) is 15.3. The van der Waals surface area contributed by atoms with Gasteiger partial charge in [0.15, 0.2) is 0 Å². The SMILES string of the molecule is FC(F)(F)Oc1cccc(SNc2cc(-c3ccc(OC4CC4)c(Cl)c3)ncn2)c1. The summed E-state index contributed by atoms with van der Waals surface area (Å²) in [5, 5.41) is 0.503. The molecule has 0 spiro atoms. The molecular weight excluding hydrogens is 439 g/mol. The highest BCUT2D eigenvalue weighted by Crippen LogP contribution is 2.35. The third kappa shape index (κ3) is 5.70. The van der Waals surface area contributed by atoms with Crippen molar-refractivity contribution in [2.24, 2.45) is 0 Å². The third-order valence-corrected chi connectivity index (χ3v) is 5.12.